The number of hydrogen-bond donors (Lipinski definition) is 2. The van der Waals surface area contributed by atoms with E-state index in [2.05, 4.69) is 51.3 Å². The number of ether oxygens (including phenoxy) is 5. The summed E-state index contributed by atoms with van der Waals surface area (Å²) in [5.41, 5.74) is 3.72. The summed E-state index contributed by atoms with van der Waals surface area (Å²) in [4.78, 5) is 55.7. The first-order valence-electron chi connectivity index (χ1n) is 32.0. The van der Waals surface area contributed by atoms with Crippen LogP contribution in [0, 0.1) is 52.3 Å². The van der Waals surface area contributed by atoms with Crippen LogP contribution in [-0.4, -0.2) is 87.5 Å². The number of hydrogen-bond acceptors (Lipinski definition) is 9. The van der Waals surface area contributed by atoms with Crippen molar-refractivity contribution in [2.24, 2.45) is 52.3 Å². The largest absolute Gasteiger partial charge is 0.497 e. The maximum Gasteiger partial charge on any atom is 0.407 e. The Morgan fingerprint density at radius 3 is 2.07 bits per heavy atom. The molecule has 1 aliphatic heterocycles. The maximum atomic E-state index is 14.1. The fraction of sp³-hybridized carbons (Fsp3) is 0.657. The number of benzene rings is 3. The lowest BCUT2D eigenvalue weighted by Gasteiger charge is -2.58. The number of esters is 1. The number of nitrogens with one attached hydrogen (secondary N) is 2. The fourth-order valence-electron chi connectivity index (χ4n) is 16.5. The summed E-state index contributed by atoms with van der Waals surface area (Å²) >= 11 is 0. The van der Waals surface area contributed by atoms with Gasteiger partial charge in [0.2, 0.25) is 11.8 Å². The van der Waals surface area contributed by atoms with Gasteiger partial charge in [-0.15, -0.1) is 0 Å². The maximum absolute atomic E-state index is 14.1. The van der Waals surface area contributed by atoms with Crippen LogP contribution in [0.4, 0.5) is 4.79 Å². The average Bonchev–Trinajstić information content (AvgIpc) is 2.14. The highest BCUT2D eigenvalue weighted by molar-refractivity contribution is 5.81. The van der Waals surface area contributed by atoms with Gasteiger partial charge in [-0.1, -0.05) is 146 Å². The van der Waals surface area contributed by atoms with Crippen LogP contribution >= 0.6 is 0 Å². The Morgan fingerprint density at radius 2 is 1.39 bits per heavy atom. The molecule has 12 heteroatoms. The second-order valence-corrected chi connectivity index (χ2v) is 26.6. The molecule has 0 bridgehead atoms. The van der Waals surface area contributed by atoms with Crippen molar-refractivity contribution in [3.8, 4) is 11.5 Å². The van der Waals surface area contributed by atoms with Crippen LogP contribution in [0.5, 0.6) is 11.5 Å². The Labute approximate surface area is 491 Å². The van der Waals surface area contributed by atoms with Crippen molar-refractivity contribution in [2.45, 2.75) is 200 Å². The van der Waals surface area contributed by atoms with Gasteiger partial charge in [0.25, 0.3) is 0 Å². The van der Waals surface area contributed by atoms with Crippen molar-refractivity contribution in [3.63, 3.8) is 0 Å². The van der Waals surface area contributed by atoms with Crippen LogP contribution in [0.1, 0.15) is 193 Å². The van der Waals surface area contributed by atoms with Crippen LogP contribution in [0.25, 0.3) is 0 Å². The number of allylic oxidation sites excluding steroid dienone is 1. The number of rotatable bonds is 25. The van der Waals surface area contributed by atoms with Crippen LogP contribution in [0.15, 0.2) is 90.5 Å². The Bertz CT molecular complexity index is 2550. The summed E-state index contributed by atoms with van der Waals surface area (Å²) in [7, 11) is 3.28. The molecule has 0 aromatic heterocycles. The van der Waals surface area contributed by atoms with Crippen molar-refractivity contribution >= 4 is 23.9 Å². The zero-order valence-electron chi connectivity index (χ0n) is 50.9. The van der Waals surface area contributed by atoms with Crippen LogP contribution in [0.2, 0.25) is 0 Å². The molecule has 6 aliphatic rings. The van der Waals surface area contributed by atoms with Crippen LogP contribution in [0.3, 0.4) is 0 Å². The number of nitrogens with zero attached hydrogens (tertiary/aromatic N) is 1. The minimum Gasteiger partial charge on any atom is -0.497 e. The Morgan fingerprint density at radius 1 is 0.695 bits per heavy atom. The van der Waals surface area contributed by atoms with E-state index in [4.69, 9.17) is 23.7 Å². The third kappa shape index (κ3) is 14.2. The first-order chi connectivity index (χ1) is 39.6. The normalized spacial score (nSPS) is 27.5. The molecule has 3 amide bonds. The third-order valence-corrected chi connectivity index (χ3v) is 21.1. The second-order valence-electron chi connectivity index (χ2n) is 26.6. The summed E-state index contributed by atoms with van der Waals surface area (Å²) in [5.74, 6) is 5.20. The first-order valence-corrected chi connectivity index (χ1v) is 32.0. The second kappa shape index (κ2) is 28.0. The monoisotopic (exact) mass is 1130 g/mol. The fourth-order valence-corrected chi connectivity index (χ4v) is 16.5. The van der Waals surface area contributed by atoms with Crippen molar-refractivity contribution < 1.29 is 42.9 Å². The smallest absolute Gasteiger partial charge is 0.407 e. The molecule has 12 nitrogen and oxygen atoms in total. The minimum atomic E-state index is -1.11. The lowest BCUT2D eigenvalue weighted by Crippen LogP contribution is -2.51. The van der Waals surface area contributed by atoms with E-state index in [0.29, 0.717) is 42.8 Å². The van der Waals surface area contributed by atoms with E-state index in [1.54, 1.807) is 19.1 Å². The van der Waals surface area contributed by atoms with Gasteiger partial charge in [0, 0.05) is 44.3 Å². The van der Waals surface area contributed by atoms with Gasteiger partial charge >= 0.3 is 12.1 Å². The zero-order chi connectivity index (χ0) is 57.9. The minimum absolute atomic E-state index is 0.0214. The van der Waals surface area contributed by atoms with E-state index >= 15 is 0 Å². The standard InChI is InChI=1S/C70H99N3O9/c1-48(2)18-17-19-49(3)60-35-36-61-59-34-29-54-44-58(39-41-68(54,4)62(59)40-42-69(60,61)5)81-67(77)71-43-16-10-15-24-65(75)73-45-50(63(46-73)82-66(76)38-37-64(74)72-55-22-13-9-14-23-55)47-80-70(51-20-11-8-12-21-51,52-25-30-56(78-6)31-26-52)53-27-32-57(79-7)33-28-53/h8,11-12,20-21,25-33,48-50,55,58-63H,9-10,13-19,22-24,34-47H2,1-7H3,(H,71,77)(H,72,74)/t49?,50?,58?,59?,60-,61?,62?,63?,68+,69-/m1/s1. The van der Waals surface area contributed by atoms with Gasteiger partial charge in [-0.05, 0) is 158 Å². The molecule has 5 fully saturated rings. The number of amides is 3. The number of unbranched alkanes of at least 4 members (excludes halogenated alkanes) is 2. The quantitative estimate of drug-likeness (QED) is 0.0367. The highest BCUT2D eigenvalue weighted by Crippen LogP contribution is 2.67. The average molecular weight is 1130 g/mol. The highest BCUT2D eigenvalue weighted by Gasteiger charge is 2.59. The number of carbonyl (C=O) groups is 4. The molecular formula is C70H99N3O9. The summed E-state index contributed by atoms with van der Waals surface area (Å²) in [6.45, 7) is 13.7. The van der Waals surface area contributed by atoms with Gasteiger partial charge in [0.05, 0.1) is 33.8 Å². The van der Waals surface area contributed by atoms with E-state index in [1.807, 2.05) is 78.9 Å². The summed E-state index contributed by atoms with van der Waals surface area (Å²) < 4.78 is 30.8. The number of likely N-dealkylation sites (tertiary alicyclic amines) is 1. The molecule has 7 unspecified atom stereocenters. The Kier molecular flexibility index (Phi) is 20.9. The molecule has 5 aliphatic carbocycles. The Hall–Kier alpha value is -5.36. The van der Waals surface area contributed by atoms with Crippen molar-refractivity contribution in [2.75, 3.05) is 40.5 Å². The van der Waals surface area contributed by atoms with Gasteiger partial charge in [0.15, 0.2) is 0 Å². The molecule has 1 heterocycles. The predicted molar refractivity (Wildman–Crippen MR) is 322 cm³/mol. The molecule has 3 aromatic rings. The summed E-state index contributed by atoms with van der Waals surface area (Å²) in [6.07, 6.45) is 22.8. The molecule has 2 N–H and O–H groups in total. The molecule has 82 heavy (non-hydrogen) atoms. The topological polar surface area (TPSA) is 142 Å². The SMILES string of the molecule is COc1ccc(C(OCC2CN(C(=O)CCCCCNC(=O)OC3CC[C@@]4(C)C(=CCC5C4CC[C@@]4(C)C5CC[C@@H]4C(C)CCCC(C)C)C3)CC2OC(=O)CCC(=O)NC2CCCCC2)(c2ccccc2)c2ccc(OC)cc2)cc1. The number of carbonyl (C=O) groups excluding carboxylic acids is 4. The van der Waals surface area contributed by atoms with Gasteiger partial charge in [-0.25, -0.2) is 4.79 Å². The van der Waals surface area contributed by atoms with E-state index < -0.39 is 17.7 Å². The summed E-state index contributed by atoms with van der Waals surface area (Å²) in [6, 6.07) is 25.9. The zero-order valence-corrected chi connectivity index (χ0v) is 50.9. The van der Waals surface area contributed by atoms with Crippen LogP contribution in [-0.2, 0) is 34.2 Å². The molecule has 0 spiro atoms. The van der Waals surface area contributed by atoms with E-state index in [0.717, 1.165) is 110 Å². The van der Waals surface area contributed by atoms with E-state index in [1.165, 1.54) is 63.4 Å². The first kappa shape index (κ1) is 61.2. The molecule has 9 rings (SSSR count). The van der Waals surface area contributed by atoms with Gasteiger partial charge < -0.3 is 39.2 Å². The van der Waals surface area contributed by atoms with Gasteiger partial charge in [-0.2, -0.15) is 0 Å². The predicted octanol–water partition coefficient (Wildman–Crippen LogP) is 14.3. The van der Waals surface area contributed by atoms with Crippen LogP contribution < -0.4 is 20.1 Å². The lowest BCUT2D eigenvalue weighted by atomic mass is 9.47. The summed E-state index contributed by atoms with van der Waals surface area (Å²) in [5, 5.41) is 6.14. The molecular weight excluding hydrogens is 1030 g/mol. The van der Waals surface area contributed by atoms with Crippen molar-refractivity contribution in [1.82, 2.24) is 15.5 Å². The number of alkyl carbamates (subject to hydrolysis) is 1. The van der Waals surface area contributed by atoms with Gasteiger partial charge in [-0.3, -0.25) is 14.4 Å². The third-order valence-electron chi connectivity index (χ3n) is 21.1. The molecule has 0 radical (unpaired) electrons. The molecule has 448 valence electrons. The van der Waals surface area contributed by atoms with Crippen molar-refractivity contribution in [3.05, 3.63) is 107 Å². The number of methoxy groups -OCH3 is 2. The molecule has 1 saturated heterocycles. The molecule has 3 aromatic carbocycles. The Balaban J connectivity index is 0.776. The molecule has 10 atom stereocenters. The van der Waals surface area contributed by atoms with Crippen molar-refractivity contribution in [1.29, 1.82) is 0 Å². The van der Waals surface area contributed by atoms with E-state index in [-0.39, 0.29) is 67.4 Å². The van der Waals surface area contributed by atoms with Gasteiger partial charge in [0.1, 0.15) is 29.3 Å². The molecule has 4 saturated carbocycles. The lowest BCUT2D eigenvalue weighted by molar-refractivity contribution is -0.153. The highest BCUT2D eigenvalue weighted by atomic mass is 16.6. The van der Waals surface area contributed by atoms with E-state index in [9.17, 15) is 19.2 Å². The number of fused-ring (bicyclic) bond motifs is 5.